The van der Waals surface area contributed by atoms with E-state index in [0.29, 0.717) is 23.7 Å². The smallest absolute Gasteiger partial charge is 0.229 e. The van der Waals surface area contributed by atoms with Crippen LogP contribution in [0.2, 0.25) is 0 Å². The Morgan fingerprint density at radius 2 is 1.87 bits per heavy atom. The molecule has 1 fully saturated rings. The summed E-state index contributed by atoms with van der Waals surface area (Å²) in [6.07, 6.45) is 1.97. The first-order valence-electron chi connectivity index (χ1n) is 9.82. The number of alkyl halides is 1. The van der Waals surface area contributed by atoms with Crippen LogP contribution in [0.3, 0.4) is 0 Å². The van der Waals surface area contributed by atoms with Gasteiger partial charge >= 0.3 is 0 Å². The second-order valence-electron chi connectivity index (χ2n) is 7.51. The SMILES string of the molecule is N#Cc1ccc(Cn2ccc(NC(=O)Cc3ccc(OCC4(F)COC4)cc3)n2)cc1. The molecule has 7 nitrogen and oxygen atoms in total. The third kappa shape index (κ3) is 5.47. The van der Waals surface area contributed by atoms with Crippen LogP contribution in [0.25, 0.3) is 0 Å². The van der Waals surface area contributed by atoms with Gasteiger partial charge in [-0.05, 0) is 35.4 Å². The number of amides is 1. The van der Waals surface area contributed by atoms with Crippen LogP contribution >= 0.6 is 0 Å². The van der Waals surface area contributed by atoms with E-state index >= 15 is 0 Å². The molecule has 1 aliphatic rings. The monoisotopic (exact) mass is 420 g/mol. The summed E-state index contributed by atoms with van der Waals surface area (Å²) in [5, 5.41) is 16.0. The van der Waals surface area contributed by atoms with E-state index in [1.54, 1.807) is 53.3 Å². The Morgan fingerprint density at radius 3 is 2.52 bits per heavy atom. The summed E-state index contributed by atoms with van der Waals surface area (Å²) < 4.78 is 25.9. The molecule has 3 aromatic rings. The Morgan fingerprint density at radius 1 is 1.16 bits per heavy atom. The number of anilines is 1. The molecule has 1 aliphatic heterocycles. The van der Waals surface area contributed by atoms with Crippen molar-refractivity contribution >= 4 is 11.7 Å². The van der Waals surface area contributed by atoms with Gasteiger partial charge in [-0.25, -0.2) is 4.39 Å². The number of ether oxygens (including phenoxy) is 2. The van der Waals surface area contributed by atoms with Gasteiger partial charge in [0.15, 0.2) is 11.5 Å². The first-order chi connectivity index (χ1) is 15.0. The normalized spacial score (nSPS) is 14.3. The molecular formula is C23H21FN4O3. The summed E-state index contributed by atoms with van der Waals surface area (Å²) in [4.78, 5) is 12.3. The number of hydrogen-bond donors (Lipinski definition) is 1. The molecule has 0 radical (unpaired) electrons. The zero-order valence-corrected chi connectivity index (χ0v) is 16.8. The third-order valence-corrected chi connectivity index (χ3v) is 4.84. The quantitative estimate of drug-likeness (QED) is 0.605. The third-order valence-electron chi connectivity index (χ3n) is 4.84. The van der Waals surface area contributed by atoms with E-state index in [0.717, 1.165) is 11.1 Å². The fourth-order valence-electron chi connectivity index (χ4n) is 3.08. The minimum Gasteiger partial charge on any atom is -0.490 e. The van der Waals surface area contributed by atoms with Crippen LogP contribution in [0.1, 0.15) is 16.7 Å². The van der Waals surface area contributed by atoms with Crippen LogP contribution in [0, 0.1) is 11.3 Å². The average molecular weight is 420 g/mol. The number of aromatic nitrogens is 2. The number of hydrogen-bond acceptors (Lipinski definition) is 5. The Kier molecular flexibility index (Phi) is 5.96. The number of benzene rings is 2. The van der Waals surface area contributed by atoms with Crippen LogP contribution in [0.4, 0.5) is 10.2 Å². The fourth-order valence-corrected chi connectivity index (χ4v) is 3.08. The van der Waals surface area contributed by atoms with Crippen molar-refractivity contribution in [2.45, 2.75) is 18.6 Å². The van der Waals surface area contributed by atoms with E-state index in [9.17, 15) is 9.18 Å². The molecule has 1 aromatic heterocycles. The van der Waals surface area contributed by atoms with Crippen LogP contribution in [0.15, 0.2) is 60.8 Å². The van der Waals surface area contributed by atoms with Gasteiger partial charge in [-0.15, -0.1) is 0 Å². The molecule has 0 spiro atoms. The van der Waals surface area contributed by atoms with E-state index in [1.165, 1.54) is 0 Å². The molecule has 158 valence electrons. The van der Waals surface area contributed by atoms with Gasteiger partial charge in [0.1, 0.15) is 12.4 Å². The minimum absolute atomic E-state index is 0.0437. The van der Waals surface area contributed by atoms with Gasteiger partial charge in [0.25, 0.3) is 0 Å². The maximum atomic E-state index is 13.9. The molecule has 4 rings (SSSR count). The lowest BCUT2D eigenvalue weighted by Gasteiger charge is -2.33. The number of rotatable bonds is 8. The predicted molar refractivity (Wildman–Crippen MR) is 111 cm³/mol. The summed E-state index contributed by atoms with van der Waals surface area (Å²) in [6, 6.07) is 18.1. The van der Waals surface area contributed by atoms with Crippen LogP contribution in [0.5, 0.6) is 5.75 Å². The van der Waals surface area contributed by atoms with Crippen molar-refractivity contribution in [3.05, 3.63) is 77.5 Å². The standard InChI is InChI=1S/C23H21FN4O3/c24-23(14-30-15-23)16-31-20-7-5-17(6-8-20)11-22(29)26-21-9-10-28(27-21)13-19-3-1-18(12-25)2-4-19/h1-10H,11,13-16H2,(H,26,27,29). The van der Waals surface area contributed by atoms with Crippen molar-refractivity contribution in [2.75, 3.05) is 25.1 Å². The van der Waals surface area contributed by atoms with Gasteiger partial charge in [0, 0.05) is 12.3 Å². The molecular weight excluding hydrogens is 399 g/mol. The molecule has 1 saturated heterocycles. The highest BCUT2D eigenvalue weighted by Gasteiger charge is 2.39. The number of halogens is 1. The first-order valence-corrected chi connectivity index (χ1v) is 9.82. The van der Waals surface area contributed by atoms with Gasteiger partial charge in [-0.3, -0.25) is 9.48 Å². The molecule has 0 saturated carbocycles. The van der Waals surface area contributed by atoms with Gasteiger partial charge in [-0.2, -0.15) is 10.4 Å². The molecule has 31 heavy (non-hydrogen) atoms. The summed E-state index contributed by atoms with van der Waals surface area (Å²) in [7, 11) is 0. The summed E-state index contributed by atoms with van der Waals surface area (Å²) in [6.45, 7) is 0.621. The Hall–Kier alpha value is -3.70. The lowest BCUT2D eigenvalue weighted by molar-refractivity contribution is -0.146. The zero-order chi connectivity index (χ0) is 21.7. The van der Waals surface area contributed by atoms with Gasteiger partial charge in [0.2, 0.25) is 5.91 Å². The molecule has 2 aromatic carbocycles. The highest BCUT2D eigenvalue weighted by atomic mass is 19.1. The van der Waals surface area contributed by atoms with Crippen molar-refractivity contribution < 1.29 is 18.7 Å². The lowest BCUT2D eigenvalue weighted by atomic mass is 10.1. The largest absolute Gasteiger partial charge is 0.490 e. The van der Waals surface area contributed by atoms with E-state index in [1.807, 2.05) is 12.1 Å². The topological polar surface area (TPSA) is 89.2 Å². The Labute approximate surface area is 179 Å². The highest BCUT2D eigenvalue weighted by molar-refractivity contribution is 5.91. The fraction of sp³-hybridized carbons (Fsp3) is 0.261. The second-order valence-corrected chi connectivity index (χ2v) is 7.51. The van der Waals surface area contributed by atoms with Crippen LogP contribution < -0.4 is 10.1 Å². The second kappa shape index (κ2) is 8.98. The number of nitriles is 1. The van der Waals surface area contributed by atoms with Crippen molar-refractivity contribution in [3.63, 3.8) is 0 Å². The Balaban J connectivity index is 1.26. The van der Waals surface area contributed by atoms with E-state index in [-0.39, 0.29) is 32.1 Å². The van der Waals surface area contributed by atoms with E-state index in [4.69, 9.17) is 14.7 Å². The van der Waals surface area contributed by atoms with Crippen molar-refractivity contribution in [1.82, 2.24) is 9.78 Å². The number of carbonyl (C=O) groups excluding carboxylic acids is 1. The minimum atomic E-state index is -1.40. The number of nitrogens with one attached hydrogen (secondary N) is 1. The van der Waals surface area contributed by atoms with Crippen LogP contribution in [-0.2, 0) is 22.5 Å². The molecule has 0 atom stereocenters. The molecule has 0 unspecified atom stereocenters. The van der Waals surface area contributed by atoms with E-state index < -0.39 is 5.67 Å². The number of carbonyl (C=O) groups is 1. The number of nitrogens with zero attached hydrogens (tertiary/aromatic N) is 3. The van der Waals surface area contributed by atoms with E-state index in [2.05, 4.69) is 16.5 Å². The maximum Gasteiger partial charge on any atom is 0.229 e. The molecule has 0 aliphatic carbocycles. The molecule has 8 heteroatoms. The average Bonchev–Trinajstić information content (AvgIpc) is 3.19. The highest BCUT2D eigenvalue weighted by Crippen LogP contribution is 2.23. The van der Waals surface area contributed by atoms with Crippen molar-refractivity contribution in [2.24, 2.45) is 0 Å². The van der Waals surface area contributed by atoms with Gasteiger partial charge in [-0.1, -0.05) is 24.3 Å². The Bertz CT molecular complexity index is 1080. The first kappa shape index (κ1) is 20.6. The molecule has 2 heterocycles. The van der Waals surface area contributed by atoms with Gasteiger partial charge in [0.05, 0.1) is 37.8 Å². The summed E-state index contributed by atoms with van der Waals surface area (Å²) in [5.41, 5.74) is 1.02. The molecule has 0 bridgehead atoms. The summed E-state index contributed by atoms with van der Waals surface area (Å²) >= 11 is 0. The summed E-state index contributed by atoms with van der Waals surface area (Å²) in [5.74, 6) is 0.829. The maximum absolute atomic E-state index is 13.9. The van der Waals surface area contributed by atoms with Gasteiger partial charge < -0.3 is 14.8 Å². The lowest BCUT2D eigenvalue weighted by Crippen LogP contribution is -2.50. The predicted octanol–water partition coefficient (Wildman–Crippen LogP) is 3.10. The van der Waals surface area contributed by atoms with Crippen molar-refractivity contribution in [1.29, 1.82) is 5.26 Å². The zero-order valence-electron chi connectivity index (χ0n) is 16.8. The van der Waals surface area contributed by atoms with Crippen molar-refractivity contribution in [3.8, 4) is 11.8 Å². The van der Waals surface area contributed by atoms with Crippen LogP contribution in [-0.4, -0.2) is 41.2 Å². The molecule has 1 amide bonds. The molecule has 1 N–H and O–H groups in total.